The first kappa shape index (κ1) is 9.02. The monoisotopic (exact) mass is 229 g/mol. The lowest BCUT2D eigenvalue weighted by atomic mass is 10.3. The maximum absolute atomic E-state index is 9.16. The molecule has 0 amide bonds. The van der Waals surface area contributed by atoms with Gasteiger partial charge in [0, 0.05) is 4.47 Å². The van der Waals surface area contributed by atoms with Crippen LogP contribution in [0.3, 0.4) is 0 Å². The molecular weight excluding hydrogens is 222 g/mol. The molecule has 5 heteroatoms. The van der Waals surface area contributed by atoms with Gasteiger partial charge in [-0.2, -0.15) is 5.06 Å². The Morgan fingerprint density at radius 1 is 1.42 bits per heavy atom. The Balaban J connectivity index is 2.89. The molecule has 0 bridgehead atoms. The SMILES string of the molecule is N=C(N)N(O)c1ccc(Br)cc1. The largest absolute Gasteiger partial charge is 0.368 e. The molecule has 1 aromatic carbocycles. The number of hydroxylamine groups is 1. The van der Waals surface area contributed by atoms with E-state index in [0.717, 1.165) is 4.47 Å². The van der Waals surface area contributed by atoms with E-state index in [9.17, 15) is 0 Å². The molecule has 0 radical (unpaired) electrons. The van der Waals surface area contributed by atoms with Crippen LogP contribution in [-0.2, 0) is 0 Å². The second-order valence-corrected chi connectivity index (χ2v) is 3.09. The van der Waals surface area contributed by atoms with Crippen LogP contribution >= 0.6 is 15.9 Å². The van der Waals surface area contributed by atoms with E-state index in [-0.39, 0.29) is 0 Å². The van der Waals surface area contributed by atoms with Crippen molar-refractivity contribution in [1.29, 1.82) is 5.41 Å². The maximum Gasteiger partial charge on any atom is 0.217 e. The summed E-state index contributed by atoms with van der Waals surface area (Å²) in [4.78, 5) is 0. The Labute approximate surface area is 78.2 Å². The standard InChI is InChI=1S/C7H8BrN3O/c8-5-1-3-6(4-2-5)11(12)7(9)10/h1-4,12H,(H3,9,10). The molecule has 0 heterocycles. The number of hydrogen-bond donors (Lipinski definition) is 3. The van der Waals surface area contributed by atoms with Crippen LogP contribution in [0.5, 0.6) is 0 Å². The summed E-state index contributed by atoms with van der Waals surface area (Å²) in [6.45, 7) is 0. The van der Waals surface area contributed by atoms with Crippen LogP contribution < -0.4 is 10.8 Å². The van der Waals surface area contributed by atoms with E-state index in [4.69, 9.17) is 16.4 Å². The van der Waals surface area contributed by atoms with Crippen LogP contribution in [-0.4, -0.2) is 11.2 Å². The summed E-state index contributed by atoms with van der Waals surface area (Å²) < 4.78 is 0.906. The van der Waals surface area contributed by atoms with Gasteiger partial charge in [0.15, 0.2) is 0 Å². The molecule has 0 aliphatic heterocycles. The molecule has 0 unspecified atom stereocenters. The first-order valence-corrected chi connectivity index (χ1v) is 3.99. The summed E-state index contributed by atoms with van der Waals surface area (Å²) in [5.74, 6) is -0.405. The summed E-state index contributed by atoms with van der Waals surface area (Å²) in [5, 5.41) is 16.7. The zero-order chi connectivity index (χ0) is 9.14. The zero-order valence-electron chi connectivity index (χ0n) is 6.16. The van der Waals surface area contributed by atoms with E-state index in [1.54, 1.807) is 24.3 Å². The Bertz CT molecular complexity index is 285. The Morgan fingerprint density at radius 2 is 1.92 bits per heavy atom. The first-order valence-electron chi connectivity index (χ1n) is 3.20. The van der Waals surface area contributed by atoms with E-state index in [1.807, 2.05) is 0 Å². The molecule has 4 nitrogen and oxygen atoms in total. The minimum absolute atomic E-state index is 0.405. The normalized spacial score (nSPS) is 9.50. The van der Waals surface area contributed by atoms with Gasteiger partial charge in [-0.15, -0.1) is 0 Å². The van der Waals surface area contributed by atoms with Crippen LogP contribution in [0.15, 0.2) is 28.7 Å². The lowest BCUT2D eigenvalue weighted by molar-refractivity contribution is 0.310. The fourth-order valence-corrected chi connectivity index (χ4v) is 0.986. The second-order valence-electron chi connectivity index (χ2n) is 2.17. The molecule has 4 N–H and O–H groups in total. The van der Waals surface area contributed by atoms with Gasteiger partial charge in [0.05, 0.1) is 5.69 Å². The van der Waals surface area contributed by atoms with E-state index >= 15 is 0 Å². The third-order valence-electron chi connectivity index (χ3n) is 1.30. The van der Waals surface area contributed by atoms with E-state index in [1.165, 1.54) is 0 Å². The number of nitrogens with zero attached hydrogens (tertiary/aromatic N) is 1. The molecule has 0 saturated carbocycles. The number of hydrogen-bond acceptors (Lipinski definition) is 2. The third kappa shape index (κ3) is 1.96. The molecule has 0 spiro atoms. The number of halogens is 1. The van der Waals surface area contributed by atoms with Crippen LogP contribution in [0.4, 0.5) is 5.69 Å². The van der Waals surface area contributed by atoms with Gasteiger partial charge in [-0.05, 0) is 24.3 Å². The molecule has 0 fully saturated rings. The predicted molar refractivity (Wildman–Crippen MR) is 50.3 cm³/mol. The first-order chi connectivity index (χ1) is 5.61. The summed E-state index contributed by atoms with van der Waals surface area (Å²) >= 11 is 3.25. The molecule has 0 aromatic heterocycles. The van der Waals surface area contributed by atoms with Gasteiger partial charge in [-0.3, -0.25) is 10.6 Å². The topological polar surface area (TPSA) is 73.3 Å². The molecule has 0 aliphatic carbocycles. The van der Waals surface area contributed by atoms with Gasteiger partial charge in [0.1, 0.15) is 0 Å². The van der Waals surface area contributed by atoms with E-state index < -0.39 is 5.96 Å². The smallest absolute Gasteiger partial charge is 0.217 e. The highest BCUT2D eigenvalue weighted by Crippen LogP contribution is 2.16. The maximum atomic E-state index is 9.16. The van der Waals surface area contributed by atoms with Crippen LogP contribution in [0, 0.1) is 5.41 Å². The van der Waals surface area contributed by atoms with Crippen LogP contribution in [0.2, 0.25) is 0 Å². The number of rotatable bonds is 1. The van der Waals surface area contributed by atoms with Crippen molar-refractivity contribution < 1.29 is 5.21 Å². The number of nitrogens with two attached hydrogens (primary N) is 1. The van der Waals surface area contributed by atoms with Crippen LogP contribution in [0.1, 0.15) is 0 Å². The van der Waals surface area contributed by atoms with Crippen molar-refractivity contribution in [3.63, 3.8) is 0 Å². The van der Waals surface area contributed by atoms with Crippen molar-refractivity contribution in [3.8, 4) is 0 Å². The van der Waals surface area contributed by atoms with Crippen molar-refractivity contribution in [1.82, 2.24) is 0 Å². The highest BCUT2D eigenvalue weighted by molar-refractivity contribution is 9.10. The van der Waals surface area contributed by atoms with Crippen molar-refractivity contribution >= 4 is 27.6 Å². The molecule has 0 aliphatic rings. The summed E-state index contributed by atoms with van der Waals surface area (Å²) in [7, 11) is 0. The molecule has 12 heavy (non-hydrogen) atoms. The van der Waals surface area contributed by atoms with Gasteiger partial charge in [0.25, 0.3) is 0 Å². The minimum Gasteiger partial charge on any atom is -0.368 e. The quantitative estimate of drug-likeness (QED) is 0.389. The minimum atomic E-state index is -0.405. The molecule has 0 atom stereocenters. The fourth-order valence-electron chi connectivity index (χ4n) is 0.721. The summed E-state index contributed by atoms with van der Waals surface area (Å²) in [6, 6.07) is 6.79. The van der Waals surface area contributed by atoms with E-state index in [2.05, 4.69) is 15.9 Å². The fraction of sp³-hybridized carbons (Fsp3) is 0. The Morgan fingerprint density at radius 3 is 2.33 bits per heavy atom. The van der Waals surface area contributed by atoms with Crippen molar-refractivity contribution in [2.45, 2.75) is 0 Å². The van der Waals surface area contributed by atoms with Crippen molar-refractivity contribution in [2.24, 2.45) is 5.73 Å². The predicted octanol–water partition coefficient (Wildman–Crippen LogP) is 1.54. The zero-order valence-corrected chi connectivity index (χ0v) is 7.75. The van der Waals surface area contributed by atoms with Crippen molar-refractivity contribution in [2.75, 3.05) is 5.06 Å². The van der Waals surface area contributed by atoms with Gasteiger partial charge in [-0.1, -0.05) is 15.9 Å². The van der Waals surface area contributed by atoms with Gasteiger partial charge in [0.2, 0.25) is 5.96 Å². The second kappa shape index (κ2) is 3.55. The van der Waals surface area contributed by atoms with Crippen LogP contribution in [0.25, 0.3) is 0 Å². The lowest BCUT2D eigenvalue weighted by Gasteiger charge is -2.13. The number of benzene rings is 1. The highest BCUT2D eigenvalue weighted by atomic mass is 79.9. The average Bonchev–Trinajstić information content (AvgIpc) is 2.04. The summed E-state index contributed by atoms with van der Waals surface area (Å²) in [5.41, 5.74) is 5.52. The molecule has 0 saturated heterocycles. The van der Waals surface area contributed by atoms with Gasteiger partial charge < -0.3 is 5.73 Å². The molecule has 64 valence electrons. The van der Waals surface area contributed by atoms with Gasteiger partial charge >= 0.3 is 0 Å². The molecule has 1 rings (SSSR count). The third-order valence-corrected chi connectivity index (χ3v) is 1.83. The molecular formula is C7H8BrN3O. The Kier molecular flexibility index (Phi) is 2.67. The average molecular weight is 230 g/mol. The van der Waals surface area contributed by atoms with Crippen molar-refractivity contribution in [3.05, 3.63) is 28.7 Å². The molecule has 1 aromatic rings. The highest BCUT2D eigenvalue weighted by Gasteiger charge is 2.03. The van der Waals surface area contributed by atoms with E-state index in [0.29, 0.717) is 10.8 Å². The Hall–Kier alpha value is -1.07. The summed E-state index contributed by atoms with van der Waals surface area (Å²) in [6.07, 6.45) is 0. The lowest BCUT2D eigenvalue weighted by Crippen LogP contribution is -2.33. The number of anilines is 1. The number of nitrogens with one attached hydrogen (secondary N) is 1. The number of guanidine groups is 1. The van der Waals surface area contributed by atoms with Gasteiger partial charge in [-0.25, -0.2) is 0 Å².